The SMILES string of the molecule is CCN1CCc2ccc(S(=O)(=O)Nc3cccc(NC(=O)C(C)(C)CCl)c3)cc2C1. The van der Waals surface area contributed by atoms with Crippen molar-refractivity contribution in [2.24, 2.45) is 5.41 Å². The van der Waals surface area contributed by atoms with Crippen molar-refractivity contribution in [3.8, 4) is 0 Å². The van der Waals surface area contributed by atoms with Gasteiger partial charge in [0, 0.05) is 24.7 Å². The van der Waals surface area contributed by atoms with Crippen LogP contribution in [0.4, 0.5) is 11.4 Å². The molecule has 2 aromatic carbocycles. The van der Waals surface area contributed by atoms with Crippen molar-refractivity contribution in [3.63, 3.8) is 0 Å². The zero-order valence-electron chi connectivity index (χ0n) is 17.5. The summed E-state index contributed by atoms with van der Waals surface area (Å²) in [4.78, 5) is 14.9. The van der Waals surface area contributed by atoms with Crippen LogP contribution in [0.2, 0.25) is 0 Å². The average molecular weight is 450 g/mol. The molecule has 1 aliphatic heterocycles. The second kappa shape index (κ2) is 8.96. The van der Waals surface area contributed by atoms with E-state index in [0.717, 1.165) is 31.6 Å². The molecule has 6 nitrogen and oxygen atoms in total. The van der Waals surface area contributed by atoms with Gasteiger partial charge in [0.15, 0.2) is 0 Å². The number of carbonyl (C=O) groups is 1. The van der Waals surface area contributed by atoms with E-state index in [1.807, 2.05) is 6.07 Å². The minimum Gasteiger partial charge on any atom is -0.326 e. The maximum atomic E-state index is 12.9. The van der Waals surface area contributed by atoms with Gasteiger partial charge in [0.25, 0.3) is 10.0 Å². The maximum absolute atomic E-state index is 12.9. The molecule has 0 atom stereocenters. The van der Waals surface area contributed by atoms with E-state index in [-0.39, 0.29) is 16.7 Å². The molecule has 2 aromatic rings. The third-order valence-corrected chi connectivity index (χ3v) is 7.40. The van der Waals surface area contributed by atoms with Crippen molar-refractivity contribution in [2.45, 2.75) is 38.6 Å². The number of nitrogens with zero attached hydrogens (tertiary/aromatic N) is 1. The third-order valence-electron chi connectivity index (χ3n) is 5.35. The van der Waals surface area contributed by atoms with Crippen LogP contribution in [-0.4, -0.2) is 38.2 Å². The number of hydrogen-bond donors (Lipinski definition) is 2. The predicted octanol–water partition coefficient (Wildman–Crippen LogP) is 4.07. The maximum Gasteiger partial charge on any atom is 0.261 e. The van der Waals surface area contributed by atoms with Crippen LogP contribution in [0.3, 0.4) is 0 Å². The number of sulfonamides is 1. The molecular weight excluding hydrogens is 422 g/mol. The molecule has 0 aromatic heterocycles. The first kappa shape index (κ1) is 22.6. The molecule has 0 fully saturated rings. The molecule has 1 heterocycles. The largest absolute Gasteiger partial charge is 0.326 e. The van der Waals surface area contributed by atoms with Crippen LogP contribution >= 0.6 is 11.6 Å². The van der Waals surface area contributed by atoms with Crippen molar-refractivity contribution in [2.75, 3.05) is 29.0 Å². The molecule has 162 valence electrons. The van der Waals surface area contributed by atoms with Crippen LogP contribution in [0, 0.1) is 5.41 Å². The number of nitrogens with one attached hydrogen (secondary N) is 2. The van der Waals surface area contributed by atoms with Gasteiger partial charge in [-0.1, -0.05) is 19.1 Å². The molecule has 0 saturated carbocycles. The van der Waals surface area contributed by atoms with Gasteiger partial charge in [0.2, 0.25) is 5.91 Å². The fourth-order valence-corrected chi connectivity index (χ4v) is 4.49. The van der Waals surface area contributed by atoms with Crippen LogP contribution in [0.1, 0.15) is 31.9 Å². The monoisotopic (exact) mass is 449 g/mol. The smallest absolute Gasteiger partial charge is 0.261 e. The number of halogens is 1. The summed E-state index contributed by atoms with van der Waals surface area (Å²) in [6, 6.07) is 12.0. The minimum atomic E-state index is -3.75. The highest BCUT2D eigenvalue weighted by atomic mass is 35.5. The van der Waals surface area contributed by atoms with Gasteiger partial charge in [0.05, 0.1) is 16.0 Å². The number of anilines is 2. The van der Waals surface area contributed by atoms with Crippen molar-refractivity contribution in [1.82, 2.24) is 4.90 Å². The summed E-state index contributed by atoms with van der Waals surface area (Å²) in [6.07, 6.45) is 0.928. The Bertz CT molecular complexity index is 1040. The molecule has 8 heteroatoms. The fourth-order valence-electron chi connectivity index (χ4n) is 3.26. The standard InChI is InChI=1S/C22H28ClN3O3S/c1-4-26-11-10-16-8-9-20(12-17(16)14-26)30(28,29)25-19-7-5-6-18(13-19)24-21(27)22(2,3)15-23/h5-9,12-13,25H,4,10-11,14-15H2,1-3H3,(H,24,27). The van der Waals surface area contributed by atoms with Gasteiger partial charge >= 0.3 is 0 Å². The van der Waals surface area contributed by atoms with Crippen molar-refractivity contribution < 1.29 is 13.2 Å². The topological polar surface area (TPSA) is 78.5 Å². The first-order chi connectivity index (χ1) is 14.1. The summed E-state index contributed by atoms with van der Waals surface area (Å²) in [5.41, 5.74) is 2.40. The Hall–Kier alpha value is -2.09. The van der Waals surface area contributed by atoms with E-state index in [0.29, 0.717) is 11.4 Å². The zero-order valence-corrected chi connectivity index (χ0v) is 19.1. The van der Waals surface area contributed by atoms with E-state index in [2.05, 4.69) is 21.9 Å². The summed E-state index contributed by atoms with van der Waals surface area (Å²) in [5.74, 6) is -0.0495. The van der Waals surface area contributed by atoms with E-state index in [4.69, 9.17) is 11.6 Å². The van der Waals surface area contributed by atoms with Crippen LogP contribution in [0.15, 0.2) is 47.4 Å². The summed E-state index contributed by atoms with van der Waals surface area (Å²) in [5, 5.41) is 2.79. The minimum absolute atomic E-state index is 0.180. The molecule has 0 spiro atoms. The number of hydrogen-bond acceptors (Lipinski definition) is 4. The molecule has 30 heavy (non-hydrogen) atoms. The molecule has 2 N–H and O–H groups in total. The van der Waals surface area contributed by atoms with Gasteiger partial charge in [-0.2, -0.15) is 0 Å². The molecule has 1 amide bonds. The Morgan fingerprint density at radius 2 is 1.87 bits per heavy atom. The molecule has 0 radical (unpaired) electrons. The Morgan fingerprint density at radius 1 is 1.13 bits per heavy atom. The highest BCUT2D eigenvalue weighted by molar-refractivity contribution is 7.92. The van der Waals surface area contributed by atoms with Gasteiger partial charge in [0.1, 0.15) is 0 Å². The lowest BCUT2D eigenvalue weighted by Gasteiger charge is -2.27. The second-order valence-electron chi connectivity index (χ2n) is 8.21. The van der Waals surface area contributed by atoms with Crippen LogP contribution in [0.5, 0.6) is 0 Å². The number of amides is 1. The molecule has 3 rings (SSSR count). The molecule has 1 aliphatic rings. The average Bonchev–Trinajstić information content (AvgIpc) is 2.72. The van der Waals surface area contributed by atoms with E-state index in [1.165, 1.54) is 5.56 Å². The third kappa shape index (κ3) is 5.14. The lowest BCUT2D eigenvalue weighted by atomic mass is 9.95. The van der Waals surface area contributed by atoms with Gasteiger partial charge < -0.3 is 5.32 Å². The number of benzene rings is 2. The fraction of sp³-hybridized carbons (Fsp3) is 0.409. The lowest BCUT2D eigenvalue weighted by molar-refractivity contribution is -0.122. The van der Waals surface area contributed by atoms with E-state index >= 15 is 0 Å². The highest BCUT2D eigenvalue weighted by Gasteiger charge is 2.26. The summed E-state index contributed by atoms with van der Waals surface area (Å²) in [7, 11) is -3.75. The lowest BCUT2D eigenvalue weighted by Crippen LogP contribution is -2.32. The van der Waals surface area contributed by atoms with Crippen LogP contribution in [-0.2, 0) is 27.8 Å². The second-order valence-corrected chi connectivity index (χ2v) is 10.2. The quantitative estimate of drug-likeness (QED) is 0.624. The van der Waals surface area contributed by atoms with Crippen LogP contribution in [0.25, 0.3) is 0 Å². The Kier molecular flexibility index (Phi) is 6.75. The number of carbonyl (C=O) groups excluding carboxylic acids is 1. The molecule has 0 aliphatic carbocycles. The number of rotatable bonds is 7. The Balaban J connectivity index is 1.78. The number of fused-ring (bicyclic) bond motifs is 1. The Morgan fingerprint density at radius 3 is 2.57 bits per heavy atom. The summed E-state index contributed by atoms with van der Waals surface area (Å²) < 4.78 is 28.5. The number of alkyl halides is 1. The van der Waals surface area contributed by atoms with Crippen molar-refractivity contribution in [1.29, 1.82) is 0 Å². The molecule has 0 saturated heterocycles. The van der Waals surface area contributed by atoms with E-state index in [9.17, 15) is 13.2 Å². The molecular formula is C22H28ClN3O3S. The van der Waals surface area contributed by atoms with Crippen molar-refractivity contribution >= 4 is 38.9 Å². The van der Waals surface area contributed by atoms with Crippen LogP contribution < -0.4 is 10.0 Å². The van der Waals surface area contributed by atoms with E-state index < -0.39 is 15.4 Å². The van der Waals surface area contributed by atoms with Gasteiger partial charge in [-0.05, 0) is 68.3 Å². The zero-order chi connectivity index (χ0) is 21.9. The Labute approximate surface area is 183 Å². The molecule has 0 unspecified atom stereocenters. The predicted molar refractivity (Wildman–Crippen MR) is 121 cm³/mol. The highest BCUT2D eigenvalue weighted by Crippen LogP contribution is 2.26. The first-order valence-electron chi connectivity index (χ1n) is 9.99. The van der Waals surface area contributed by atoms with Gasteiger partial charge in [-0.3, -0.25) is 14.4 Å². The number of likely N-dealkylation sites (N-methyl/N-ethyl adjacent to an activating group) is 1. The first-order valence-corrected chi connectivity index (χ1v) is 12.0. The van der Waals surface area contributed by atoms with Crippen molar-refractivity contribution in [3.05, 3.63) is 53.6 Å². The summed E-state index contributed by atoms with van der Waals surface area (Å²) >= 11 is 5.85. The van der Waals surface area contributed by atoms with Gasteiger partial charge in [-0.25, -0.2) is 8.42 Å². The normalized spacial score (nSPS) is 14.8. The van der Waals surface area contributed by atoms with E-state index in [1.54, 1.807) is 50.2 Å². The molecule has 0 bridgehead atoms. The van der Waals surface area contributed by atoms with Gasteiger partial charge in [-0.15, -0.1) is 11.6 Å². The summed E-state index contributed by atoms with van der Waals surface area (Å²) in [6.45, 7) is 8.29.